The molecule has 2 rings (SSSR count). The number of nitrogens with one attached hydrogen (secondary N) is 1. The molecule has 3 heteroatoms. The Hall–Kier alpha value is -2.42. The van der Waals surface area contributed by atoms with E-state index in [0.29, 0.717) is 5.56 Å². The largest absolute Gasteiger partial charge is 0.271 e. The summed E-state index contributed by atoms with van der Waals surface area (Å²) in [5.74, 6) is -0.198. The molecule has 0 heterocycles. The van der Waals surface area contributed by atoms with Crippen molar-refractivity contribution in [2.24, 2.45) is 5.10 Å². The number of hydrogen-bond donors (Lipinski definition) is 1. The average Bonchev–Trinajstić information content (AvgIpc) is 2.52. The second-order valence-corrected chi connectivity index (χ2v) is 6.83. The molecule has 1 N–H and O–H groups in total. The molecule has 0 fully saturated rings. The number of carbonyl (C=O) groups is 1. The van der Waals surface area contributed by atoms with Gasteiger partial charge in [-0.15, -0.1) is 0 Å². The highest BCUT2D eigenvalue weighted by Crippen LogP contribution is 2.22. The second kappa shape index (κ2) is 6.78. The van der Waals surface area contributed by atoms with Crippen LogP contribution in [-0.2, 0) is 5.41 Å². The summed E-state index contributed by atoms with van der Waals surface area (Å²) in [5, 5.41) is 4.20. The Morgan fingerprint density at radius 1 is 0.913 bits per heavy atom. The predicted molar refractivity (Wildman–Crippen MR) is 96.0 cm³/mol. The summed E-state index contributed by atoms with van der Waals surface area (Å²) in [6.45, 7) is 10.4. The van der Waals surface area contributed by atoms with E-state index < -0.39 is 0 Å². The summed E-state index contributed by atoms with van der Waals surface area (Å²) >= 11 is 0. The maximum atomic E-state index is 12.1. The molecule has 0 aliphatic carbocycles. The topological polar surface area (TPSA) is 41.5 Å². The molecular formula is C20H24N2O. The van der Waals surface area contributed by atoms with Crippen molar-refractivity contribution < 1.29 is 4.79 Å². The van der Waals surface area contributed by atoms with Crippen LogP contribution in [0.5, 0.6) is 0 Å². The zero-order chi connectivity index (χ0) is 17.0. The lowest BCUT2D eigenvalue weighted by molar-refractivity contribution is 0.0955. The molecule has 0 unspecified atom stereocenters. The molecule has 120 valence electrons. The van der Waals surface area contributed by atoms with Gasteiger partial charge in [-0.1, -0.05) is 62.7 Å². The summed E-state index contributed by atoms with van der Waals surface area (Å²) < 4.78 is 0. The van der Waals surface area contributed by atoms with Crippen LogP contribution in [0, 0.1) is 6.92 Å². The lowest BCUT2D eigenvalue weighted by atomic mass is 9.86. The summed E-state index contributed by atoms with van der Waals surface area (Å²) in [6.07, 6.45) is 0. The number of amides is 1. The Labute approximate surface area is 138 Å². The van der Waals surface area contributed by atoms with E-state index in [-0.39, 0.29) is 11.3 Å². The lowest BCUT2D eigenvalue weighted by Gasteiger charge is -2.19. The van der Waals surface area contributed by atoms with E-state index >= 15 is 0 Å². The fraction of sp³-hybridized carbons (Fsp3) is 0.300. The minimum atomic E-state index is -0.198. The van der Waals surface area contributed by atoms with Crippen molar-refractivity contribution in [3.63, 3.8) is 0 Å². The Balaban J connectivity index is 2.07. The Morgan fingerprint density at radius 2 is 1.43 bits per heavy atom. The minimum Gasteiger partial charge on any atom is -0.267 e. The van der Waals surface area contributed by atoms with Gasteiger partial charge in [0.25, 0.3) is 5.91 Å². The molecular weight excluding hydrogens is 284 g/mol. The van der Waals surface area contributed by atoms with E-state index in [0.717, 1.165) is 16.8 Å². The van der Waals surface area contributed by atoms with Gasteiger partial charge in [-0.05, 0) is 42.5 Å². The van der Waals surface area contributed by atoms with Gasteiger partial charge in [0.15, 0.2) is 0 Å². The number of nitrogens with zero attached hydrogens (tertiary/aromatic N) is 1. The maximum Gasteiger partial charge on any atom is 0.271 e. The smallest absolute Gasteiger partial charge is 0.267 e. The van der Waals surface area contributed by atoms with E-state index in [1.54, 1.807) is 12.1 Å². The summed E-state index contributed by atoms with van der Waals surface area (Å²) in [6, 6.07) is 15.7. The quantitative estimate of drug-likeness (QED) is 0.660. The number of hydrazone groups is 1. The van der Waals surface area contributed by atoms with E-state index in [2.05, 4.69) is 43.4 Å². The van der Waals surface area contributed by atoms with E-state index in [9.17, 15) is 4.79 Å². The molecule has 3 nitrogen and oxygen atoms in total. The first-order valence-electron chi connectivity index (χ1n) is 7.79. The highest BCUT2D eigenvalue weighted by molar-refractivity contribution is 6.00. The summed E-state index contributed by atoms with van der Waals surface area (Å²) in [7, 11) is 0. The van der Waals surface area contributed by atoms with Crippen molar-refractivity contribution in [1.29, 1.82) is 0 Å². The van der Waals surface area contributed by atoms with Crippen LogP contribution in [-0.4, -0.2) is 11.6 Å². The normalized spacial score (nSPS) is 12.1. The molecule has 0 spiro atoms. The fourth-order valence-electron chi connectivity index (χ4n) is 2.18. The third kappa shape index (κ3) is 4.52. The molecule has 0 aromatic heterocycles. The van der Waals surface area contributed by atoms with E-state index in [1.807, 2.05) is 38.1 Å². The molecule has 0 saturated heterocycles. The van der Waals surface area contributed by atoms with Crippen LogP contribution in [0.3, 0.4) is 0 Å². The molecule has 2 aromatic carbocycles. The van der Waals surface area contributed by atoms with Crippen molar-refractivity contribution in [3.05, 3.63) is 70.8 Å². The summed E-state index contributed by atoms with van der Waals surface area (Å²) in [5.41, 5.74) is 7.53. The number of aryl methyl sites for hydroxylation is 1. The van der Waals surface area contributed by atoms with Crippen molar-refractivity contribution in [1.82, 2.24) is 5.43 Å². The van der Waals surface area contributed by atoms with Gasteiger partial charge < -0.3 is 0 Å². The molecule has 0 bridgehead atoms. The van der Waals surface area contributed by atoms with Gasteiger partial charge in [0, 0.05) is 5.56 Å². The number of benzene rings is 2. The van der Waals surface area contributed by atoms with Crippen LogP contribution in [0.1, 0.15) is 54.7 Å². The molecule has 1 amide bonds. The van der Waals surface area contributed by atoms with Gasteiger partial charge in [0.05, 0.1) is 5.71 Å². The SMILES string of the molecule is C/C(=N/NC(=O)c1ccc(C)cc1)c1ccc(C(C)(C)C)cc1. The van der Waals surface area contributed by atoms with Gasteiger partial charge in [0.1, 0.15) is 0 Å². The Bertz CT molecular complexity index is 705. The highest BCUT2D eigenvalue weighted by Gasteiger charge is 2.13. The summed E-state index contributed by atoms with van der Waals surface area (Å²) in [4.78, 5) is 12.1. The predicted octanol–water partition coefficient (Wildman–Crippen LogP) is 4.45. The third-order valence-electron chi connectivity index (χ3n) is 3.81. The molecule has 23 heavy (non-hydrogen) atoms. The van der Waals surface area contributed by atoms with Crippen LogP contribution >= 0.6 is 0 Å². The van der Waals surface area contributed by atoms with Crippen LogP contribution < -0.4 is 5.43 Å². The molecule has 0 saturated carbocycles. The van der Waals surface area contributed by atoms with Gasteiger partial charge in [-0.2, -0.15) is 5.10 Å². The first kappa shape index (κ1) is 16.9. The Morgan fingerprint density at radius 3 is 1.96 bits per heavy atom. The third-order valence-corrected chi connectivity index (χ3v) is 3.81. The maximum absolute atomic E-state index is 12.1. The van der Waals surface area contributed by atoms with Crippen molar-refractivity contribution in [3.8, 4) is 0 Å². The lowest BCUT2D eigenvalue weighted by Crippen LogP contribution is -2.19. The van der Waals surface area contributed by atoms with Crippen molar-refractivity contribution in [2.75, 3.05) is 0 Å². The number of carbonyl (C=O) groups excluding carboxylic acids is 1. The number of hydrogen-bond acceptors (Lipinski definition) is 2. The zero-order valence-electron chi connectivity index (χ0n) is 14.5. The first-order chi connectivity index (χ1) is 10.8. The molecule has 0 atom stereocenters. The molecule has 0 radical (unpaired) electrons. The molecule has 2 aromatic rings. The van der Waals surface area contributed by atoms with Crippen LogP contribution in [0.25, 0.3) is 0 Å². The van der Waals surface area contributed by atoms with Crippen LogP contribution in [0.15, 0.2) is 53.6 Å². The monoisotopic (exact) mass is 308 g/mol. The average molecular weight is 308 g/mol. The minimum absolute atomic E-state index is 0.128. The van der Waals surface area contributed by atoms with E-state index in [4.69, 9.17) is 0 Å². The van der Waals surface area contributed by atoms with E-state index in [1.165, 1.54) is 5.56 Å². The first-order valence-corrected chi connectivity index (χ1v) is 7.79. The highest BCUT2D eigenvalue weighted by atomic mass is 16.2. The van der Waals surface area contributed by atoms with Gasteiger partial charge >= 0.3 is 0 Å². The molecule has 0 aliphatic rings. The standard InChI is InChI=1S/C20H24N2O/c1-14-6-8-17(9-7-14)19(23)22-21-15(2)16-10-12-18(13-11-16)20(3,4)5/h6-13H,1-5H3,(H,22,23)/b21-15-. The van der Waals surface area contributed by atoms with Crippen molar-refractivity contribution in [2.45, 2.75) is 40.0 Å². The van der Waals surface area contributed by atoms with Gasteiger partial charge in [0.2, 0.25) is 0 Å². The van der Waals surface area contributed by atoms with Crippen LogP contribution in [0.2, 0.25) is 0 Å². The van der Waals surface area contributed by atoms with Crippen molar-refractivity contribution >= 4 is 11.6 Å². The molecule has 0 aliphatic heterocycles. The zero-order valence-corrected chi connectivity index (χ0v) is 14.5. The second-order valence-electron chi connectivity index (χ2n) is 6.83. The van der Waals surface area contributed by atoms with Gasteiger partial charge in [-0.3, -0.25) is 4.79 Å². The Kier molecular flexibility index (Phi) is 4.99. The van der Waals surface area contributed by atoms with Gasteiger partial charge in [-0.25, -0.2) is 5.43 Å². The fourth-order valence-corrected chi connectivity index (χ4v) is 2.18. The van der Waals surface area contributed by atoms with Crippen LogP contribution in [0.4, 0.5) is 0 Å². The number of rotatable bonds is 3.